The Morgan fingerprint density at radius 2 is 2.00 bits per heavy atom. The van der Waals surface area contributed by atoms with Crippen molar-refractivity contribution >= 4 is 6.08 Å². The second-order valence-electron chi connectivity index (χ2n) is 5.69. The number of hydrogen-bond acceptors (Lipinski definition) is 2. The lowest BCUT2D eigenvalue weighted by molar-refractivity contribution is -0.0787. The van der Waals surface area contributed by atoms with Gasteiger partial charge in [0.1, 0.15) is 0 Å². The van der Waals surface area contributed by atoms with Crippen LogP contribution in [-0.2, 0) is 4.74 Å². The maximum absolute atomic E-state index is 9.99. The lowest BCUT2D eigenvalue weighted by Crippen LogP contribution is -2.34. The number of hydrogen-bond donors (Lipinski definition) is 1. The maximum atomic E-state index is 9.99. The van der Waals surface area contributed by atoms with Crippen LogP contribution >= 0.6 is 0 Å². The molecular weight excluding hydrogens is 248 g/mol. The minimum absolute atomic E-state index is 0.0468. The van der Waals surface area contributed by atoms with Crippen molar-refractivity contribution in [1.29, 1.82) is 0 Å². The normalized spacial score (nSPS) is 27.0. The Kier molecular flexibility index (Phi) is 6.28. The molecule has 0 aliphatic carbocycles. The third kappa shape index (κ3) is 5.10. The maximum Gasteiger partial charge on any atom is 0.0787 e. The second kappa shape index (κ2) is 8.23. The summed E-state index contributed by atoms with van der Waals surface area (Å²) in [6.45, 7) is 2.21. The Balaban J connectivity index is 1.86. The Morgan fingerprint density at radius 3 is 2.75 bits per heavy atom. The first kappa shape index (κ1) is 15.3. The van der Waals surface area contributed by atoms with Crippen molar-refractivity contribution in [2.45, 2.75) is 63.8 Å². The van der Waals surface area contributed by atoms with Crippen molar-refractivity contribution in [2.24, 2.45) is 0 Å². The number of aliphatic hydroxyl groups excluding tert-OH is 1. The SMILES string of the molecule is CCCCC[C@H]1C[C@@H](O)C[C@@H](/C=C/c2ccccc2)O1. The van der Waals surface area contributed by atoms with E-state index in [0.717, 1.165) is 12.8 Å². The molecule has 2 rings (SSSR count). The van der Waals surface area contributed by atoms with Crippen LogP contribution in [0.1, 0.15) is 51.0 Å². The summed E-state index contributed by atoms with van der Waals surface area (Å²) in [7, 11) is 0. The van der Waals surface area contributed by atoms with Crippen molar-refractivity contribution in [1.82, 2.24) is 0 Å². The van der Waals surface area contributed by atoms with E-state index < -0.39 is 0 Å². The van der Waals surface area contributed by atoms with Crippen molar-refractivity contribution in [3.63, 3.8) is 0 Å². The van der Waals surface area contributed by atoms with Gasteiger partial charge in [0.05, 0.1) is 18.3 Å². The molecule has 1 heterocycles. The molecule has 20 heavy (non-hydrogen) atoms. The first-order chi connectivity index (χ1) is 9.78. The van der Waals surface area contributed by atoms with Gasteiger partial charge in [-0.3, -0.25) is 0 Å². The molecule has 1 saturated heterocycles. The highest BCUT2D eigenvalue weighted by molar-refractivity contribution is 5.49. The van der Waals surface area contributed by atoms with Crippen molar-refractivity contribution < 1.29 is 9.84 Å². The summed E-state index contributed by atoms with van der Waals surface area (Å²) in [6.07, 6.45) is 10.5. The van der Waals surface area contributed by atoms with E-state index in [9.17, 15) is 5.11 Å². The van der Waals surface area contributed by atoms with Crippen LogP contribution in [0.15, 0.2) is 36.4 Å². The molecule has 0 unspecified atom stereocenters. The molecule has 0 saturated carbocycles. The van der Waals surface area contributed by atoms with Crippen LogP contribution in [0.5, 0.6) is 0 Å². The molecule has 0 amide bonds. The van der Waals surface area contributed by atoms with E-state index in [1.807, 2.05) is 18.2 Å². The fourth-order valence-corrected chi connectivity index (χ4v) is 2.74. The van der Waals surface area contributed by atoms with Crippen molar-refractivity contribution in [3.05, 3.63) is 42.0 Å². The van der Waals surface area contributed by atoms with Crippen LogP contribution in [0.25, 0.3) is 6.08 Å². The molecular formula is C18H26O2. The van der Waals surface area contributed by atoms with Crippen LogP contribution < -0.4 is 0 Å². The molecule has 0 bridgehead atoms. The van der Waals surface area contributed by atoms with E-state index in [-0.39, 0.29) is 18.3 Å². The summed E-state index contributed by atoms with van der Waals surface area (Å²) in [5.41, 5.74) is 1.18. The smallest absolute Gasteiger partial charge is 0.0787 e. The summed E-state index contributed by atoms with van der Waals surface area (Å²) in [6, 6.07) is 10.2. The Labute approximate surface area is 122 Å². The van der Waals surface area contributed by atoms with Crippen molar-refractivity contribution in [2.75, 3.05) is 0 Å². The molecule has 1 N–H and O–H groups in total. The predicted molar refractivity (Wildman–Crippen MR) is 83.5 cm³/mol. The molecule has 1 aromatic carbocycles. The minimum Gasteiger partial charge on any atom is -0.393 e. The van der Waals surface area contributed by atoms with Gasteiger partial charge in [0.15, 0.2) is 0 Å². The van der Waals surface area contributed by atoms with E-state index in [1.165, 1.54) is 24.8 Å². The summed E-state index contributed by atoms with van der Waals surface area (Å²) in [5, 5.41) is 9.99. The molecule has 1 fully saturated rings. The van der Waals surface area contributed by atoms with Gasteiger partial charge in [-0.25, -0.2) is 0 Å². The topological polar surface area (TPSA) is 29.5 Å². The van der Waals surface area contributed by atoms with Gasteiger partial charge in [0.25, 0.3) is 0 Å². The lowest BCUT2D eigenvalue weighted by Gasteiger charge is -2.32. The average Bonchev–Trinajstić information content (AvgIpc) is 2.46. The molecule has 1 aliphatic rings. The predicted octanol–water partition coefficient (Wildman–Crippen LogP) is 4.19. The fraction of sp³-hybridized carbons (Fsp3) is 0.556. The number of unbranched alkanes of at least 4 members (excludes halogenated alkanes) is 2. The van der Waals surface area contributed by atoms with Crippen molar-refractivity contribution in [3.8, 4) is 0 Å². The number of ether oxygens (including phenoxy) is 1. The highest BCUT2D eigenvalue weighted by Gasteiger charge is 2.26. The molecule has 110 valence electrons. The zero-order valence-corrected chi connectivity index (χ0v) is 12.4. The van der Waals surface area contributed by atoms with E-state index in [4.69, 9.17) is 4.74 Å². The van der Waals surface area contributed by atoms with Gasteiger partial charge >= 0.3 is 0 Å². The number of benzene rings is 1. The Morgan fingerprint density at radius 1 is 1.20 bits per heavy atom. The standard InChI is InChI=1S/C18H26O2/c1-2-3-5-10-17-13-16(19)14-18(20-17)12-11-15-8-6-4-7-9-15/h4,6-9,11-12,16-19H,2-3,5,10,13-14H2,1H3/b12-11+/t16-,17+,18-/m1/s1. The Bertz CT molecular complexity index is 399. The van der Waals surface area contributed by atoms with E-state index in [2.05, 4.69) is 31.2 Å². The molecule has 0 spiro atoms. The van der Waals surface area contributed by atoms with Gasteiger partial charge in [-0.05, 0) is 18.4 Å². The number of rotatable bonds is 6. The minimum atomic E-state index is -0.221. The molecule has 0 radical (unpaired) electrons. The Hall–Kier alpha value is -1.12. The average molecular weight is 274 g/mol. The molecule has 1 aromatic rings. The molecule has 0 aromatic heterocycles. The molecule has 1 aliphatic heterocycles. The lowest BCUT2D eigenvalue weighted by atomic mass is 9.97. The van der Waals surface area contributed by atoms with E-state index in [1.54, 1.807) is 0 Å². The van der Waals surface area contributed by atoms with Crippen LogP contribution in [0.2, 0.25) is 0 Å². The number of aliphatic hydroxyl groups is 1. The highest BCUT2D eigenvalue weighted by atomic mass is 16.5. The summed E-state index contributed by atoms with van der Waals surface area (Å²) in [4.78, 5) is 0. The van der Waals surface area contributed by atoms with E-state index in [0.29, 0.717) is 6.42 Å². The summed E-state index contributed by atoms with van der Waals surface area (Å²) >= 11 is 0. The van der Waals surface area contributed by atoms with Gasteiger partial charge in [-0.15, -0.1) is 0 Å². The molecule has 2 heteroatoms. The van der Waals surface area contributed by atoms with Gasteiger partial charge in [0, 0.05) is 6.42 Å². The van der Waals surface area contributed by atoms with Gasteiger partial charge < -0.3 is 9.84 Å². The zero-order chi connectivity index (χ0) is 14.2. The highest BCUT2D eigenvalue weighted by Crippen LogP contribution is 2.24. The largest absolute Gasteiger partial charge is 0.393 e. The van der Waals surface area contributed by atoms with Crippen LogP contribution in [0.4, 0.5) is 0 Å². The first-order valence-electron chi connectivity index (χ1n) is 7.84. The monoisotopic (exact) mass is 274 g/mol. The second-order valence-corrected chi connectivity index (χ2v) is 5.69. The molecule has 2 nitrogen and oxygen atoms in total. The third-order valence-corrected chi connectivity index (χ3v) is 3.84. The van der Waals surface area contributed by atoms with Crippen LogP contribution in [0.3, 0.4) is 0 Å². The third-order valence-electron chi connectivity index (χ3n) is 3.84. The van der Waals surface area contributed by atoms with Crippen LogP contribution in [0, 0.1) is 0 Å². The van der Waals surface area contributed by atoms with Gasteiger partial charge in [0.2, 0.25) is 0 Å². The quantitative estimate of drug-likeness (QED) is 0.788. The summed E-state index contributed by atoms with van der Waals surface area (Å²) in [5.74, 6) is 0. The zero-order valence-electron chi connectivity index (χ0n) is 12.4. The fourth-order valence-electron chi connectivity index (χ4n) is 2.74. The van der Waals surface area contributed by atoms with E-state index >= 15 is 0 Å². The summed E-state index contributed by atoms with van der Waals surface area (Å²) < 4.78 is 6.08. The van der Waals surface area contributed by atoms with Crippen LogP contribution in [-0.4, -0.2) is 23.4 Å². The van der Waals surface area contributed by atoms with Gasteiger partial charge in [-0.2, -0.15) is 0 Å². The van der Waals surface area contributed by atoms with Gasteiger partial charge in [-0.1, -0.05) is 68.7 Å². The molecule has 3 atom stereocenters. The first-order valence-corrected chi connectivity index (χ1v) is 7.84.